The van der Waals surface area contributed by atoms with E-state index in [4.69, 9.17) is 4.74 Å². The second-order valence-electron chi connectivity index (χ2n) is 22.5. The Bertz CT molecular complexity index is 1120. The summed E-state index contributed by atoms with van der Waals surface area (Å²) in [5.74, 6) is -0.0719. The van der Waals surface area contributed by atoms with Gasteiger partial charge in [-0.1, -0.05) is 314 Å². The van der Waals surface area contributed by atoms with E-state index in [1.54, 1.807) is 6.08 Å². The lowest BCUT2D eigenvalue weighted by molar-refractivity contribution is -0.143. The second-order valence-corrected chi connectivity index (χ2v) is 22.5. The number of aliphatic hydroxyl groups is 2. The highest BCUT2D eigenvalue weighted by Gasteiger charge is 2.18. The van der Waals surface area contributed by atoms with Gasteiger partial charge in [-0.2, -0.15) is 0 Å². The topological polar surface area (TPSA) is 95.9 Å². The normalized spacial score (nSPS) is 12.7. The zero-order chi connectivity index (χ0) is 52.2. The lowest BCUT2D eigenvalue weighted by atomic mass is 10.0. The smallest absolute Gasteiger partial charge is 0.305 e. The van der Waals surface area contributed by atoms with Crippen molar-refractivity contribution in [3.05, 3.63) is 24.3 Å². The van der Waals surface area contributed by atoms with Gasteiger partial charge in [0.15, 0.2) is 0 Å². The number of hydrogen-bond donors (Lipinski definition) is 3. The Balaban J connectivity index is 3.44. The van der Waals surface area contributed by atoms with E-state index >= 15 is 0 Å². The van der Waals surface area contributed by atoms with Gasteiger partial charge in [-0.15, -0.1) is 0 Å². The van der Waals surface area contributed by atoms with Gasteiger partial charge in [0, 0.05) is 12.8 Å². The molecule has 426 valence electrons. The molecule has 1 amide bonds. The van der Waals surface area contributed by atoms with Crippen molar-refractivity contribution in [1.29, 1.82) is 0 Å². The van der Waals surface area contributed by atoms with Crippen LogP contribution in [0.15, 0.2) is 24.3 Å². The third-order valence-corrected chi connectivity index (χ3v) is 15.2. The second kappa shape index (κ2) is 61.9. The predicted molar refractivity (Wildman–Crippen MR) is 315 cm³/mol. The van der Waals surface area contributed by atoms with E-state index < -0.39 is 12.1 Å². The van der Waals surface area contributed by atoms with E-state index in [2.05, 4.69) is 31.3 Å². The molecule has 2 unspecified atom stereocenters. The minimum absolute atomic E-state index is 0.00211. The summed E-state index contributed by atoms with van der Waals surface area (Å²) in [5.41, 5.74) is 0. The molecule has 6 heteroatoms. The highest BCUT2D eigenvalue weighted by atomic mass is 16.5. The van der Waals surface area contributed by atoms with Gasteiger partial charge < -0.3 is 20.3 Å². The molecule has 0 aromatic rings. The predicted octanol–water partition coefficient (Wildman–Crippen LogP) is 20.6. The molecular formula is C66H127NO5. The molecule has 6 nitrogen and oxygen atoms in total. The number of nitrogens with one attached hydrogen (secondary N) is 1. The Morgan fingerprint density at radius 2 is 0.653 bits per heavy atom. The van der Waals surface area contributed by atoms with Gasteiger partial charge in [0.1, 0.15) is 0 Å². The first-order valence-corrected chi connectivity index (χ1v) is 32.6. The number of unbranched alkanes of at least 4 members (excludes halogenated alkanes) is 48. The summed E-state index contributed by atoms with van der Waals surface area (Å²) in [7, 11) is 0. The van der Waals surface area contributed by atoms with Crippen molar-refractivity contribution in [2.24, 2.45) is 0 Å². The summed E-state index contributed by atoms with van der Waals surface area (Å²) in [6, 6.07) is -0.633. The van der Waals surface area contributed by atoms with Crippen molar-refractivity contribution in [2.45, 2.75) is 373 Å². The first-order chi connectivity index (χ1) is 35.5. The van der Waals surface area contributed by atoms with E-state index in [0.717, 1.165) is 44.9 Å². The molecule has 72 heavy (non-hydrogen) atoms. The fraction of sp³-hybridized carbons (Fsp3) is 0.909. The molecule has 0 saturated heterocycles. The Labute approximate surface area is 450 Å². The minimum atomic E-state index is -0.849. The van der Waals surface area contributed by atoms with Crippen LogP contribution < -0.4 is 5.32 Å². The molecule has 3 N–H and O–H groups in total. The maximum absolute atomic E-state index is 12.5. The van der Waals surface area contributed by atoms with Crippen LogP contribution in [0, 0.1) is 0 Å². The maximum Gasteiger partial charge on any atom is 0.305 e. The molecule has 0 aliphatic heterocycles. The largest absolute Gasteiger partial charge is 0.466 e. The van der Waals surface area contributed by atoms with Crippen LogP contribution in [0.5, 0.6) is 0 Å². The van der Waals surface area contributed by atoms with Gasteiger partial charge in [0.05, 0.1) is 25.4 Å². The third kappa shape index (κ3) is 57.6. The van der Waals surface area contributed by atoms with Crippen LogP contribution in [0.3, 0.4) is 0 Å². The molecule has 0 aromatic heterocycles. The summed E-state index contributed by atoms with van der Waals surface area (Å²) in [6.45, 7) is 4.92. The molecule has 0 aliphatic carbocycles. The van der Waals surface area contributed by atoms with Crippen LogP contribution in [-0.2, 0) is 14.3 Å². The number of carbonyl (C=O) groups is 2. The van der Waals surface area contributed by atoms with E-state index in [0.29, 0.717) is 19.4 Å². The first kappa shape index (κ1) is 70.3. The van der Waals surface area contributed by atoms with Gasteiger partial charge in [-0.25, -0.2) is 0 Å². The van der Waals surface area contributed by atoms with Crippen LogP contribution >= 0.6 is 0 Å². The number of esters is 1. The molecule has 0 spiro atoms. The number of rotatable bonds is 61. The third-order valence-electron chi connectivity index (χ3n) is 15.2. The minimum Gasteiger partial charge on any atom is -0.466 e. The molecule has 0 bridgehead atoms. The van der Waals surface area contributed by atoms with Crippen LogP contribution in [0.4, 0.5) is 0 Å². The van der Waals surface area contributed by atoms with Crippen molar-refractivity contribution in [1.82, 2.24) is 5.32 Å². The number of aliphatic hydroxyl groups excluding tert-OH is 2. The molecular weight excluding hydrogens is 887 g/mol. The molecule has 0 rings (SSSR count). The summed E-state index contributed by atoms with van der Waals surface area (Å²) >= 11 is 0. The number of carbonyl (C=O) groups excluding carboxylic acids is 2. The van der Waals surface area contributed by atoms with Crippen LogP contribution in [-0.4, -0.2) is 47.4 Å². The van der Waals surface area contributed by atoms with Crippen LogP contribution in [0.2, 0.25) is 0 Å². The van der Waals surface area contributed by atoms with Crippen molar-refractivity contribution in [2.75, 3.05) is 13.2 Å². The zero-order valence-electron chi connectivity index (χ0n) is 48.7. The standard InChI is InChI=1S/C66H127NO5/c1-3-5-7-9-11-13-15-17-19-21-22-23-24-25-27-30-34-38-42-46-50-54-58-64(69)63(62-68)67-65(70)59-55-51-47-43-39-35-31-28-26-29-33-37-41-45-49-53-57-61-72-66(71)60-56-52-48-44-40-36-32-20-18-16-14-12-10-8-6-4-2/h20,32,54,58,63-64,68-69H,3-19,21-31,33-53,55-57,59-62H2,1-2H3,(H,67,70)/b32-20-,58-54+. The van der Waals surface area contributed by atoms with Crippen molar-refractivity contribution >= 4 is 11.9 Å². The van der Waals surface area contributed by atoms with E-state index in [1.165, 1.54) is 289 Å². The molecule has 0 heterocycles. The SMILES string of the molecule is CCCCCCCCC/C=C\CCCCCCCC(=O)OCCCCCCCCCCCCCCCCCCCC(=O)NC(CO)C(O)/C=C/CCCCCCCCCCCCCCCCCCCCCC. The fourth-order valence-corrected chi connectivity index (χ4v) is 10.2. The Morgan fingerprint density at radius 1 is 0.375 bits per heavy atom. The monoisotopic (exact) mass is 1010 g/mol. The lowest BCUT2D eigenvalue weighted by Crippen LogP contribution is -2.45. The Kier molecular flexibility index (Phi) is 60.5. The molecule has 0 fully saturated rings. The number of amides is 1. The van der Waals surface area contributed by atoms with E-state index in [-0.39, 0.29) is 18.5 Å². The summed E-state index contributed by atoms with van der Waals surface area (Å²) in [6.07, 6.45) is 76.5. The van der Waals surface area contributed by atoms with Crippen molar-refractivity contribution < 1.29 is 24.5 Å². The number of hydrogen-bond acceptors (Lipinski definition) is 5. The van der Waals surface area contributed by atoms with Gasteiger partial charge in [-0.05, 0) is 57.8 Å². The highest BCUT2D eigenvalue weighted by Crippen LogP contribution is 2.18. The van der Waals surface area contributed by atoms with Crippen LogP contribution in [0.1, 0.15) is 361 Å². The quantitative estimate of drug-likeness (QED) is 0.0320. The summed E-state index contributed by atoms with van der Waals surface area (Å²) in [5, 5.41) is 23.2. The molecule has 0 radical (unpaired) electrons. The van der Waals surface area contributed by atoms with Crippen molar-refractivity contribution in [3.8, 4) is 0 Å². The van der Waals surface area contributed by atoms with Crippen molar-refractivity contribution in [3.63, 3.8) is 0 Å². The highest BCUT2D eigenvalue weighted by molar-refractivity contribution is 5.76. The molecule has 0 saturated carbocycles. The van der Waals surface area contributed by atoms with E-state index in [9.17, 15) is 19.8 Å². The zero-order valence-corrected chi connectivity index (χ0v) is 48.7. The first-order valence-electron chi connectivity index (χ1n) is 32.6. The molecule has 0 aliphatic rings. The van der Waals surface area contributed by atoms with Gasteiger partial charge >= 0.3 is 5.97 Å². The lowest BCUT2D eigenvalue weighted by Gasteiger charge is -2.20. The fourth-order valence-electron chi connectivity index (χ4n) is 10.2. The summed E-state index contributed by atoms with van der Waals surface area (Å²) in [4.78, 5) is 24.6. The van der Waals surface area contributed by atoms with Gasteiger partial charge in [-0.3, -0.25) is 9.59 Å². The van der Waals surface area contributed by atoms with Gasteiger partial charge in [0.2, 0.25) is 5.91 Å². The van der Waals surface area contributed by atoms with E-state index in [1.807, 2.05) is 6.08 Å². The average Bonchev–Trinajstić information content (AvgIpc) is 3.38. The van der Waals surface area contributed by atoms with Crippen LogP contribution in [0.25, 0.3) is 0 Å². The maximum atomic E-state index is 12.5. The Morgan fingerprint density at radius 3 is 0.986 bits per heavy atom. The molecule has 0 aromatic carbocycles. The Hall–Kier alpha value is -1.66. The average molecular weight is 1010 g/mol. The summed E-state index contributed by atoms with van der Waals surface area (Å²) < 4.78 is 5.48. The number of ether oxygens (including phenoxy) is 1. The number of allylic oxidation sites excluding steroid dienone is 3. The molecule has 2 atom stereocenters. The van der Waals surface area contributed by atoms with Gasteiger partial charge in [0.25, 0.3) is 0 Å².